The Balaban J connectivity index is 4.69. The van der Waals surface area contributed by atoms with Gasteiger partial charge in [-0.3, -0.25) is 0 Å². The van der Waals surface area contributed by atoms with Crippen molar-refractivity contribution < 1.29 is 13.3 Å². The molecule has 0 radical (unpaired) electrons. The number of hydrogen-bond donors (Lipinski definition) is 1. The minimum Gasteiger partial charge on any atom is -0.376 e. The van der Waals surface area contributed by atoms with Crippen LogP contribution in [0.25, 0.3) is 0 Å². The average Bonchev–Trinajstić information content (AvgIpc) is 2.08. The van der Waals surface area contributed by atoms with Crippen molar-refractivity contribution in [2.45, 2.75) is 15.7 Å². The molecule has 0 fully saturated rings. The van der Waals surface area contributed by atoms with Crippen molar-refractivity contribution in [1.82, 2.24) is 0 Å². The van der Waals surface area contributed by atoms with E-state index in [0.717, 1.165) is 6.42 Å². The molecule has 0 N–H and O–H groups in total. The van der Waals surface area contributed by atoms with Crippen LogP contribution in [0, 0.1) is 0 Å². The van der Waals surface area contributed by atoms with Gasteiger partial charge in [-0.05, 0) is 6.42 Å². The molecule has 0 rings (SSSR count). The van der Waals surface area contributed by atoms with Crippen molar-refractivity contribution in [3.63, 3.8) is 0 Å². The standard InChI is InChI=1S/C6H15IO3SSi/c1-5-6(7,11)12(8-2,9-3)10-4/h11H,5H2,1-4H3. The van der Waals surface area contributed by atoms with Gasteiger partial charge >= 0.3 is 8.80 Å². The first-order chi connectivity index (χ1) is 5.49. The number of hydrogen-bond acceptors (Lipinski definition) is 4. The highest BCUT2D eigenvalue weighted by Crippen LogP contribution is 2.38. The van der Waals surface area contributed by atoms with Gasteiger partial charge in [0.2, 0.25) is 0 Å². The Morgan fingerprint density at radius 1 is 1.25 bits per heavy atom. The lowest BCUT2D eigenvalue weighted by molar-refractivity contribution is 0.119. The lowest BCUT2D eigenvalue weighted by Crippen LogP contribution is -2.57. The van der Waals surface area contributed by atoms with Crippen molar-refractivity contribution in [3.8, 4) is 0 Å². The molecular formula is C6H15IO3SSi. The van der Waals surface area contributed by atoms with Gasteiger partial charge in [0.15, 0.2) is 0 Å². The molecule has 0 heterocycles. The van der Waals surface area contributed by atoms with Crippen LogP contribution in [0.1, 0.15) is 13.3 Å². The van der Waals surface area contributed by atoms with E-state index >= 15 is 0 Å². The summed E-state index contributed by atoms with van der Waals surface area (Å²) >= 11 is 6.69. The lowest BCUT2D eigenvalue weighted by atomic mass is 10.6. The van der Waals surface area contributed by atoms with Crippen molar-refractivity contribution in [3.05, 3.63) is 0 Å². The van der Waals surface area contributed by atoms with E-state index in [1.807, 2.05) is 6.92 Å². The average molecular weight is 322 g/mol. The molecule has 0 aliphatic carbocycles. The van der Waals surface area contributed by atoms with Gasteiger partial charge in [0, 0.05) is 21.3 Å². The summed E-state index contributed by atoms with van der Waals surface area (Å²) in [4.78, 5) is 0. The lowest BCUT2D eigenvalue weighted by Gasteiger charge is -2.35. The molecule has 1 unspecified atom stereocenters. The Kier molecular flexibility index (Phi) is 5.66. The summed E-state index contributed by atoms with van der Waals surface area (Å²) in [6, 6.07) is 0. The van der Waals surface area contributed by atoms with Gasteiger partial charge in [0.1, 0.15) is 2.38 Å². The molecule has 12 heavy (non-hydrogen) atoms. The van der Waals surface area contributed by atoms with E-state index in [1.165, 1.54) is 0 Å². The van der Waals surface area contributed by atoms with Crippen molar-refractivity contribution >= 4 is 44.0 Å². The number of rotatable bonds is 5. The van der Waals surface area contributed by atoms with Crippen molar-refractivity contribution in [1.29, 1.82) is 0 Å². The monoisotopic (exact) mass is 322 g/mol. The molecule has 0 saturated heterocycles. The molecule has 0 aromatic rings. The molecule has 0 aliphatic rings. The van der Waals surface area contributed by atoms with E-state index in [2.05, 4.69) is 35.2 Å². The van der Waals surface area contributed by atoms with Crippen LogP contribution in [0.2, 0.25) is 0 Å². The Hall–Kier alpha value is 1.18. The van der Waals surface area contributed by atoms with E-state index < -0.39 is 8.80 Å². The molecule has 0 saturated carbocycles. The molecule has 0 bridgehead atoms. The molecule has 0 aromatic carbocycles. The molecule has 0 aromatic heterocycles. The van der Waals surface area contributed by atoms with Crippen LogP contribution in [0.3, 0.4) is 0 Å². The first kappa shape index (κ1) is 13.2. The minimum atomic E-state index is -2.59. The maximum Gasteiger partial charge on any atom is 0.527 e. The zero-order valence-corrected chi connectivity index (χ0v) is 11.8. The van der Waals surface area contributed by atoms with Crippen LogP contribution >= 0.6 is 35.2 Å². The first-order valence-electron chi connectivity index (χ1n) is 3.56. The zero-order chi connectivity index (χ0) is 9.83. The zero-order valence-electron chi connectivity index (χ0n) is 7.76. The molecule has 0 spiro atoms. The fraction of sp³-hybridized carbons (Fsp3) is 1.00. The van der Waals surface area contributed by atoms with E-state index in [4.69, 9.17) is 13.3 Å². The summed E-state index contributed by atoms with van der Waals surface area (Å²) in [6.45, 7) is 2.03. The molecular weight excluding hydrogens is 307 g/mol. The number of thiol groups is 1. The normalized spacial score (nSPS) is 17.5. The van der Waals surface area contributed by atoms with Crippen LogP contribution in [-0.4, -0.2) is 32.5 Å². The van der Waals surface area contributed by atoms with E-state index in [0.29, 0.717) is 0 Å². The van der Waals surface area contributed by atoms with Gasteiger partial charge in [-0.1, -0.05) is 29.5 Å². The molecule has 3 nitrogen and oxygen atoms in total. The maximum absolute atomic E-state index is 5.30. The quantitative estimate of drug-likeness (QED) is 0.362. The molecule has 6 heteroatoms. The summed E-state index contributed by atoms with van der Waals surface area (Å²) in [5.74, 6) is 0. The van der Waals surface area contributed by atoms with Gasteiger partial charge < -0.3 is 13.3 Å². The summed E-state index contributed by atoms with van der Waals surface area (Å²) < 4.78 is 15.5. The van der Waals surface area contributed by atoms with Crippen molar-refractivity contribution in [2.75, 3.05) is 21.3 Å². The largest absolute Gasteiger partial charge is 0.527 e. The van der Waals surface area contributed by atoms with E-state index in [-0.39, 0.29) is 2.38 Å². The Labute approximate surface area is 94.1 Å². The molecule has 0 aliphatic heterocycles. The van der Waals surface area contributed by atoms with Crippen LogP contribution in [0.5, 0.6) is 0 Å². The third kappa shape index (κ3) is 2.35. The summed E-state index contributed by atoms with van der Waals surface area (Å²) in [6.07, 6.45) is 0.832. The SMILES string of the molecule is CCC(S)(I)[Si](OC)(OC)OC. The summed E-state index contributed by atoms with van der Waals surface area (Å²) in [5, 5.41) is 0. The highest BCUT2D eigenvalue weighted by Gasteiger charge is 2.55. The Bertz CT molecular complexity index is 132. The van der Waals surface area contributed by atoms with Gasteiger partial charge in [-0.15, -0.1) is 0 Å². The summed E-state index contributed by atoms with van der Waals surface area (Å²) in [5.41, 5.74) is 0. The van der Waals surface area contributed by atoms with E-state index in [9.17, 15) is 0 Å². The molecule has 74 valence electrons. The predicted octanol–water partition coefficient (Wildman–Crippen LogP) is 1.87. The number of alkyl halides is 1. The third-order valence-corrected chi connectivity index (χ3v) is 8.53. The van der Waals surface area contributed by atoms with Gasteiger partial charge in [-0.2, -0.15) is 12.6 Å². The Morgan fingerprint density at radius 3 is 1.67 bits per heavy atom. The second-order valence-corrected chi connectivity index (χ2v) is 10.4. The fourth-order valence-corrected chi connectivity index (χ4v) is 5.61. The van der Waals surface area contributed by atoms with Crippen LogP contribution in [0.15, 0.2) is 0 Å². The van der Waals surface area contributed by atoms with Gasteiger partial charge in [0.05, 0.1) is 0 Å². The fourth-order valence-electron chi connectivity index (χ4n) is 0.936. The Morgan fingerprint density at radius 2 is 1.58 bits per heavy atom. The second kappa shape index (κ2) is 5.16. The van der Waals surface area contributed by atoms with Crippen LogP contribution in [-0.2, 0) is 13.3 Å². The number of halogens is 1. The maximum atomic E-state index is 5.30. The first-order valence-corrected chi connectivity index (χ1v) is 6.81. The van der Waals surface area contributed by atoms with Crippen LogP contribution < -0.4 is 0 Å². The molecule has 0 amide bonds. The minimum absolute atomic E-state index is 0.358. The second-order valence-electron chi connectivity index (χ2n) is 2.28. The molecule has 1 atom stereocenters. The van der Waals surface area contributed by atoms with Crippen molar-refractivity contribution in [2.24, 2.45) is 0 Å². The van der Waals surface area contributed by atoms with E-state index in [1.54, 1.807) is 21.3 Å². The van der Waals surface area contributed by atoms with Gasteiger partial charge in [-0.25, -0.2) is 0 Å². The summed E-state index contributed by atoms with van der Waals surface area (Å²) in [7, 11) is 2.19. The topological polar surface area (TPSA) is 27.7 Å². The highest BCUT2D eigenvalue weighted by molar-refractivity contribution is 14.1. The highest BCUT2D eigenvalue weighted by atomic mass is 127. The predicted molar refractivity (Wildman–Crippen MR) is 62.8 cm³/mol. The smallest absolute Gasteiger partial charge is 0.376 e. The van der Waals surface area contributed by atoms with Gasteiger partial charge in [0.25, 0.3) is 0 Å². The van der Waals surface area contributed by atoms with Crippen LogP contribution in [0.4, 0.5) is 0 Å². The third-order valence-electron chi connectivity index (χ3n) is 1.74.